The minimum Gasteiger partial charge on any atom is -0.469 e. The minimum absolute atomic E-state index is 0.193. The lowest BCUT2D eigenvalue weighted by Crippen LogP contribution is -2.37. The first-order valence-electron chi connectivity index (χ1n) is 9.01. The molecular weight excluding hydrogens is 398 g/mol. The number of methoxy groups -OCH3 is 1. The van der Waals surface area contributed by atoms with Crippen LogP contribution in [0.2, 0.25) is 0 Å². The standard InChI is InChI=1S/C19H21N3O6S/c1-28-19(23)14-9-11-21(12-10-14)17-8-7-16(13-18(17)22(24)25)29(26,27)20-15-5-3-2-4-6-15/h2-8,13-14,20H,9-12H2,1H3. The van der Waals surface area contributed by atoms with Crippen molar-refractivity contribution in [3.63, 3.8) is 0 Å². The van der Waals surface area contributed by atoms with Crippen LogP contribution in [0, 0.1) is 16.0 Å². The highest BCUT2D eigenvalue weighted by molar-refractivity contribution is 7.92. The summed E-state index contributed by atoms with van der Waals surface area (Å²) < 4.78 is 32.4. The molecule has 0 unspecified atom stereocenters. The van der Waals surface area contributed by atoms with E-state index >= 15 is 0 Å². The number of anilines is 2. The van der Waals surface area contributed by atoms with Crippen molar-refractivity contribution < 1.29 is 22.9 Å². The number of carbonyl (C=O) groups is 1. The minimum atomic E-state index is -3.97. The van der Waals surface area contributed by atoms with Gasteiger partial charge in [-0.05, 0) is 37.1 Å². The zero-order chi connectivity index (χ0) is 21.0. The predicted molar refractivity (Wildman–Crippen MR) is 107 cm³/mol. The topological polar surface area (TPSA) is 119 Å². The van der Waals surface area contributed by atoms with Crippen LogP contribution in [0.3, 0.4) is 0 Å². The lowest BCUT2D eigenvalue weighted by molar-refractivity contribution is -0.384. The maximum absolute atomic E-state index is 12.6. The van der Waals surface area contributed by atoms with Crippen LogP contribution >= 0.6 is 0 Å². The zero-order valence-corrected chi connectivity index (χ0v) is 16.6. The summed E-state index contributed by atoms with van der Waals surface area (Å²) in [5, 5.41) is 11.6. The quantitative estimate of drug-likeness (QED) is 0.434. The van der Waals surface area contributed by atoms with E-state index in [1.54, 1.807) is 35.2 Å². The normalized spacial score (nSPS) is 15.0. The van der Waals surface area contributed by atoms with Gasteiger partial charge in [0.1, 0.15) is 5.69 Å². The van der Waals surface area contributed by atoms with Crippen molar-refractivity contribution in [2.75, 3.05) is 29.8 Å². The number of nitro benzene ring substituents is 1. The molecule has 0 radical (unpaired) electrons. The number of para-hydroxylation sites is 1. The van der Waals surface area contributed by atoms with Gasteiger partial charge in [0.2, 0.25) is 0 Å². The van der Waals surface area contributed by atoms with E-state index in [9.17, 15) is 23.3 Å². The van der Waals surface area contributed by atoms with Crippen LogP contribution in [0.5, 0.6) is 0 Å². The van der Waals surface area contributed by atoms with Crippen LogP contribution in [-0.2, 0) is 19.6 Å². The molecule has 0 amide bonds. The fourth-order valence-corrected chi connectivity index (χ4v) is 4.41. The van der Waals surface area contributed by atoms with Gasteiger partial charge >= 0.3 is 5.97 Å². The summed E-state index contributed by atoms with van der Waals surface area (Å²) in [6.45, 7) is 0.879. The Hall–Kier alpha value is -3.14. The van der Waals surface area contributed by atoms with Crippen molar-refractivity contribution in [2.24, 2.45) is 5.92 Å². The molecule has 0 bridgehead atoms. The van der Waals surface area contributed by atoms with E-state index in [1.807, 2.05) is 0 Å². The zero-order valence-electron chi connectivity index (χ0n) is 15.8. The molecule has 1 N–H and O–H groups in total. The van der Waals surface area contributed by atoms with E-state index in [4.69, 9.17) is 4.74 Å². The van der Waals surface area contributed by atoms with Crippen molar-refractivity contribution in [3.8, 4) is 0 Å². The van der Waals surface area contributed by atoms with Crippen molar-refractivity contribution >= 4 is 33.1 Å². The van der Waals surface area contributed by atoms with Crippen molar-refractivity contribution in [1.29, 1.82) is 0 Å². The molecule has 9 nitrogen and oxygen atoms in total. The SMILES string of the molecule is COC(=O)C1CCN(c2ccc(S(=O)(=O)Nc3ccccc3)cc2[N+](=O)[O-])CC1. The van der Waals surface area contributed by atoms with Gasteiger partial charge in [-0.3, -0.25) is 19.6 Å². The second-order valence-corrected chi connectivity index (χ2v) is 8.35. The van der Waals surface area contributed by atoms with Crippen LogP contribution < -0.4 is 9.62 Å². The van der Waals surface area contributed by atoms with E-state index in [0.29, 0.717) is 37.3 Å². The summed E-state index contributed by atoms with van der Waals surface area (Å²) in [5.74, 6) is -0.516. The average molecular weight is 419 g/mol. The predicted octanol–water partition coefficient (Wildman–Crippen LogP) is 2.79. The maximum atomic E-state index is 12.6. The third-order valence-corrected chi connectivity index (χ3v) is 6.23. The Morgan fingerprint density at radius 1 is 1.17 bits per heavy atom. The van der Waals surface area contributed by atoms with Gasteiger partial charge in [0.25, 0.3) is 15.7 Å². The molecule has 1 fully saturated rings. The molecule has 1 heterocycles. The van der Waals surface area contributed by atoms with Gasteiger partial charge < -0.3 is 9.64 Å². The van der Waals surface area contributed by atoms with Crippen LogP contribution in [0.15, 0.2) is 53.4 Å². The Labute approximate surface area is 168 Å². The number of sulfonamides is 1. The molecule has 0 spiro atoms. The van der Waals surface area contributed by atoms with E-state index in [2.05, 4.69) is 4.72 Å². The lowest BCUT2D eigenvalue weighted by atomic mass is 9.96. The molecule has 29 heavy (non-hydrogen) atoms. The molecule has 0 atom stereocenters. The summed E-state index contributed by atoms with van der Waals surface area (Å²) in [6, 6.07) is 12.1. The molecule has 2 aromatic rings. The van der Waals surface area contributed by atoms with Gasteiger partial charge in [0, 0.05) is 24.8 Å². The van der Waals surface area contributed by atoms with Crippen molar-refractivity contribution in [1.82, 2.24) is 0 Å². The molecule has 3 rings (SSSR count). The average Bonchev–Trinajstić information content (AvgIpc) is 2.73. The number of piperidine rings is 1. The Balaban J connectivity index is 1.84. The molecule has 0 saturated carbocycles. The van der Waals surface area contributed by atoms with E-state index in [1.165, 1.54) is 19.2 Å². The number of carbonyl (C=O) groups excluding carboxylic acids is 1. The number of benzene rings is 2. The van der Waals surface area contributed by atoms with E-state index in [0.717, 1.165) is 6.07 Å². The molecule has 0 aromatic heterocycles. The molecule has 2 aromatic carbocycles. The van der Waals surface area contributed by atoms with Gasteiger partial charge in [-0.1, -0.05) is 18.2 Å². The Morgan fingerprint density at radius 3 is 2.41 bits per heavy atom. The lowest BCUT2D eigenvalue weighted by Gasteiger charge is -2.32. The van der Waals surface area contributed by atoms with Gasteiger partial charge in [0.05, 0.1) is 22.8 Å². The van der Waals surface area contributed by atoms with Crippen LogP contribution in [0.4, 0.5) is 17.1 Å². The fourth-order valence-electron chi connectivity index (χ4n) is 3.33. The first kappa shape index (κ1) is 20.6. The third-order valence-electron chi connectivity index (χ3n) is 4.85. The van der Waals surface area contributed by atoms with E-state index < -0.39 is 14.9 Å². The number of ether oxygens (including phenoxy) is 1. The Morgan fingerprint density at radius 2 is 1.83 bits per heavy atom. The van der Waals surface area contributed by atoms with Gasteiger partial charge in [-0.25, -0.2) is 8.42 Å². The summed E-state index contributed by atoms with van der Waals surface area (Å²) in [6.07, 6.45) is 1.03. The van der Waals surface area contributed by atoms with Crippen molar-refractivity contribution in [3.05, 3.63) is 58.6 Å². The van der Waals surface area contributed by atoms with Crippen LogP contribution in [0.1, 0.15) is 12.8 Å². The number of nitrogens with zero attached hydrogens (tertiary/aromatic N) is 2. The van der Waals surface area contributed by atoms with Crippen LogP contribution in [-0.4, -0.2) is 39.5 Å². The first-order valence-corrected chi connectivity index (χ1v) is 10.5. The number of nitrogens with one attached hydrogen (secondary N) is 1. The van der Waals surface area contributed by atoms with E-state index in [-0.39, 0.29) is 22.5 Å². The Kier molecular flexibility index (Phi) is 6.02. The molecular formula is C19H21N3O6S. The number of hydrogen-bond donors (Lipinski definition) is 1. The molecule has 1 aliphatic rings. The second-order valence-electron chi connectivity index (χ2n) is 6.66. The largest absolute Gasteiger partial charge is 0.469 e. The van der Waals surface area contributed by atoms with Gasteiger partial charge in [-0.15, -0.1) is 0 Å². The number of rotatable bonds is 6. The number of nitro groups is 1. The third kappa shape index (κ3) is 4.65. The summed E-state index contributed by atoms with van der Waals surface area (Å²) in [7, 11) is -2.64. The molecule has 1 saturated heterocycles. The monoisotopic (exact) mass is 419 g/mol. The Bertz CT molecular complexity index is 1000. The second kappa shape index (κ2) is 8.48. The molecule has 154 valence electrons. The highest BCUT2D eigenvalue weighted by Gasteiger charge is 2.30. The maximum Gasteiger partial charge on any atom is 0.308 e. The molecule has 10 heteroatoms. The molecule has 0 aliphatic carbocycles. The number of hydrogen-bond acceptors (Lipinski definition) is 7. The highest BCUT2D eigenvalue weighted by Crippen LogP contribution is 2.34. The number of esters is 1. The first-order chi connectivity index (χ1) is 13.8. The van der Waals surface area contributed by atoms with Crippen molar-refractivity contribution in [2.45, 2.75) is 17.7 Å². The summed E-state index contributed by atoms with van der Waals surface area (Å²) in [4.78, 5) is 24.3. The van der Waals surface area contributed by atoms with Gasteiger partial charge in [0.15, 0.2) is 0 Å². The fraction of sp³-hybridized carbons (Fsp3) is 0.316. The smallest absolute Gasteiger partial charge is 0.308 e. The highest BCUT2D eigenvalue weighted by atomic mass is 32.2. The van der Waals surface area contributed by atoms with Gasteiger partial charge in [-0.2, -0.15) is 0 Å². The van der Waals surface area contributed by atoms with Crippen LogP contribution in [0.25, 0.3) is 0 Å². The summed E-state index contributed by atoms with van der Waals surface area (Å²) in [5.41, 5.74) is 0.401. The molecule has 1 aliphatic heterocycles. The summed E-state index contributed by atoms with van der Waals surface area (Å²) >= 11 is 0.